The summed E-state index contributed by atoms with van der Waals surface area (Å²) in [6, 6.07) is 8.78. The fourth-order valence-corrected chi connectivity index (χ4v) is 2.23. The highest BCUT2D eigenvalue weighted by molar-refractivity contribution is 5.58. The van der Waals surface area contributed by atoms with Crippen molar-refractivity contribution in [2.24, 2.45) is 0 Å². The molecule has 0 aliphatic carbocycles. The van der Waals surface area contributed by atoms with Crippen LogP contribution in [0.3, 0.4) is 0 Å². The van der Waals surface area contributed by atoms with Crippen LogP contribution in [0.5, 0.6) is 0 Å². The molecule has 0 amide bonds. The van der Waals surface area contributed by atoms with Gasteiger partial charge in [0.15, 0.2) is 0 Å². The predicted molar refractivity (Wildman–Crippen MR) is 62.0 cm³/mol. The van der Waals surface area contributed by atoms with Crippen molar-refractivity contribution in [3.63, 3.8) is 0 Å². The molecule has 0 unspecified atom stereocenters. The molecule has 1 aliphatic rings. The Morgan fingerprint density at radius 1 is 1.40 bits per heavy atom. The van der Waals surface area contributed by atoms with E-state index in [1.807, 2.05) is 12.1 Å². The molecule has 2 rings (SSSR count). The van der Waals surface area contributed by atoms with Crippen LogP contribution in [-0.2, 0) is 6.42 Å². The molecule has 15 heavy (non-hydrogen) atoms. The molecule has 0 aromatic heterocycles. The Morgan fingerprint density at radius 3 is 2.87 bits per heavy atom. The van der Waals surface area contributed by atoms with Gasteiger partial charge in [-0.05, 0) is 50.5 Å². The second-order valence-electron chi connectivity index (χ2n) is 4.35. The van der Waals surface area contributed by atoms with E-state index < -0.39 is 0 Å². The van der Waals surface area contributed by atoms with Crippen LogP contribution in [0.4, 0.5) is 5.69 Å². The van der Waals surface area contributed by atoms with Crippen LogP contribution in [0.15, 0.2) is 18.2 Å². The van der Waals surface area contributed by atoms with E-state index >= 15 is 0 Å². The molecule has 1 heterocycles. The molecule has 0 saturated carbocycles. The van der Waals surface area contributed by atoms with Crippen LogP contribution >= 0.6 is 0 Å². The van der Waals surface area contributed by atoms with Crippen LogP contribution in [0.1, 0.15) is 31.4 Å². The Kier molecular flexibility index (Phi) is 2.64. The molecule has 0 N–H and O–H groups in total. The summed E-state index contributed by atoms with van der Waals surface area (Å²) < 4.78 is 0. The van der Waals surface area contributed by atoms with Crippen LogP contribution in [0.2, 0.25) is 0 Å². The van der Waals surface area contributed by atoms with Gasteiger partial charge in [-0.25, -0.2) is 0 Å². The summed E-state index contributed by atoms with van der Waals surface area (Å²) in [5, 5.41) is 8.85. The smallest absolute Gasteiger partial charge is 0.0991 e. The van der Waals surface area contributed by atoms with Crippen molar-refractivity contribution in [1.82, 2.24) is 0 Å². The van der Waals surface area contributed by atoms with Crippen LogP contribution in [-0.4, -0.2) is 12.6 Å². The molecule has 2 heteroatoms. The number of nitrogens with zero attached hydrogens (tertiary/aromatic N) is 2. The van der Waals surface area contributed by atoms with Crippen molar-refractivity contribution in [2.75, 3.05) is 11.4 Å². The first-order valence-electron chi connectivity index (χ1n) is 5.52. The third-order valence-electron chi connectivity index (χ3n) is 2.99. The van der Waals surface area contributed by atoms with Gasteiger partial charge >= 0.3 is 0 Å². The van der Waals surface area contributed by atoms with E-state index in [-0.39, 0.29) is 0 Å². The highest BCUT2D eigenvalue weighted by Crippen LogP contribution is 2.29. The number of hydrogen-bond acceptors (Lipinski definition) is 2. The normalized spacial score (nSPS) is 14.9. The van der Waals surface area contributed by atoms with Gasteiger partial charge in [-0.15, -0.1) is 0 Å². The van der Waals surface area contributed by atoms with Crippen LogP contribution in [0, 0.1) is 11.3 Å². The molecule has 0 atom stereocenters. The Balaban J connectivity index is 2.41. The lowest BCUT2D eigenvalue weighted by Crippen LogP contribution is -2.35. The summed E-state index contributed by atoms with van der Waals surface area (Å²) in [6.07, 6.45) is 2.30. The largest absolute Gasteiger partial charge is 0.369 e. The summed E-state index contributed by atoms with van der Waals surface area (Å²) in [7, 11) is 0. The second kappa shape index (κ2) is 3.94. The first-order chi connectivity index (χ1) is 7.22. The standard InChI is InChI=1S/C13H16N2/c1-10(2)15-7-3-4-12-8-11(9-14)5-6-13(12)15/h5-6,8,10H,3-4,7H2,1-2H3. The summed E-state index contributed by atoms with van der Waals surface area (Å²) in [4.78, 5) is 2.42. The molecule has 78 valence electrons. The number of benzene rings is 1. The molecular weight excluding hydrogens is 184 g/mol. The number of nitriles is 1. The van der Waals surface area contributed by atoms with Crippen molar-refractivity contribution >= 4 is 5.69 Å². The van der Waals surface area contributed by atoms with Crippen molar-refractivity contribution in [3.05, 3.63) is 29.3 Å². The van der Waals surface area contributed by atoms with E-state index in [0.717, 1.165) is 18.5 Å². The highest BCUT2D eigenvalue weighted by Gasteiger charge is 2.18. The van der Waals surface area contributed by atoms with Gasteiger partial charge in [0.2, 0.25) is 0 Å². The molecule has 0 saturated heterocycles. The Bertz CT molecular complexity index is 401. The van der Waals surface area contributed by atoms with E-state index in [2.05, 4.69) is 30.9 Å². The summed E-state index contributed by atoms with van der Waals surface area (Å²) in [5.74, 6) is 0. The zero-order valence-electron chi connectivity index (χ0n) is 9.33. The van der Waals surface area contributed by atoms with Crippen molar-refractivity contribution in [3.8, 4) is 6.07 Å². The van der Waals surface area contributed by atoms with Gasteiger partial charge in [0.25, 0.3) is 0 Å². The lowest BCUT2D eigenvalue weighted by molar-refractivity contribution is 0.625. The monoisotopic (exact) mass is 200 g/mol. The highest BCUT2D eigenvalue weighted by atomic mass is 15.2. The summed E-state index contributed by atoms with van der Waals surface area (Å²) in [6.45, 7) is 5.57. The van der Waals surface area contributed by atoms with E-state index in [1.165, 1.54) is 17.7 Å². The molecule has 2 nitrogen and oxygen atoms in total. The van der Waals surface area contributed by atoms with E-state index in [4.69, 9.17) is 5.26 Å². The maximum Gasteiger partial charge on any atom is 0.0991 e. The summed E-state index contributed by atoms with van der Waals surface area (Å²) >= 11 is 0. The predicted octanol–water partition coefficient (Wildman–Crippen LogP) is 2.72. The minimum atomic E-state index is 0.539. The SMILES string of the molecule is CC(C)N1CCCc2cc(C#N)ccc21. The average molecular weight is 200 g/mol. The van der Waals surface area contributed by atoms with E-state index in [0.29, 0.717) is 6.04 Å². The first-order valence-corrected chi connectivity index (χ1v) is 5.52. The molecule has 1 aliphatic heterocycles. The quantitative estimate of drug-likeness (QED) is 0.697. The first kappa shape index (κ1) is 10.0. The minimum absolute atomic E-state index is 0.539. The van der Waals surface area contributed by atoms with Gasteiger partial charge < -0.3 is 4.90 Å². The van der Waals surface area contributed by atoms with Crippen molar-refractivity contribution in [2.45, 2.75) is 32.7 Å². The second-order valence-corrected chi connectivity index (χ2v) is 4.35. The number of fused-ring (bicyclic) bond motifs is 1. The van der Waals surface area contributed by atoms with Gasteiger partial charge in [-0.2, -0.15) is 5.26 Å². The van der Waals surface area contributed by atoms with Gasteiger partial charge in [0.1, 0.15) is 0 Å². The lowest BCUT2D eigenvalue weighted by Gasteiger charge is -2.34. The third kappa shape index (κ3) is 1.83. The van der Waals surface area contributed by atoms with E-state index in [9.17, 15) is 0 Å². The number of hydrogen-bond donors (Lipinski definition) is 0. The average Bonchev–Trinajstić information content (AvgIpc) is 2.27. The molecule has 1 aromatic carbocycles. The van der Waals surface area contributed by atoms with E-state index in [1.54, 1.807) is 0 Å². The van der Waals surface area contributed by atoms with Crippen LogP contribution < -0.4 is 4.90 Å². The number of anilines is 1. The fourth-order valence-electron chi connectivity index (χ4n) is 2.23. The van der Waals surface area contributed by atoms with Crippen molar-refractivity contribution < 1.29 is 0 Å². The Labute approximate surface area is 91.1 Å². The fraction of sp³-hybridized carbons (Fsp3) is 0.462. The topological polar surface area (TPSA) is 27.0 Å². The molecule has 0 fully saturated rings. The Morgan fingerprint density at radius 2 is 2.20 bits per heavy atom. The molecule has 0 spiro atoms. The van der Waals surface area contributed by atoms with Gasteiger partial charge in [0.05, 0.1) is 11.6 Å². The van der Waals surface area contributed by atoms with Gasteiger partial charge in [0, 0.05) is 18.3 Å². The van der Waals surface area contributed by atoms with Crippen LogP contribution in [0.25, 0.3) is 0 Å². The van der Waals surface area contributed by atoms with Gasteiger partial charge in [-0.1, -0.05) is 0 Å². The maximum absolute atomic E-state index is 8.85. The van der Waals surface area contributed by atoms with Gasteiger partial charge in [-0.3, -0.25) is 0 Å². The zero-order valence-corrected chi connectivity index (χ0v) is 9.33. The zero-order chi connectivity index (χ0) is 10.8. The molecule has 0 bridgehead atoms. The lowest BCUT2D eigenvalue weighted by atomic mass is 9.98. The Hall–Kier alpha value is -1.49. The molecular formula is C13H16N2. The summed E-state index contributed by atoms with van der Waals surface area (Å²) in [5.41, 5.74) is 3.42. The number of rotatable bonds is 1. The van der Waals surface area contributed by atoms with Crippen molar-refractivity contribution in [1.29, 1.82) is 5.26 Å². The maximum atomic E-state index is 8.85. The third-order valence-corrected chi connectivity index (χ3v) is 2.99. The number of aryl methyl sites for hydroxylation is 1. The molecule has 1 aromatic rings. The minimum Gasteiger partial charge on any atom is -0.369 e. The molecule has 0 radical (unpaired) electrons.